The van der Waals surface area contributed by atoms with Crippen molar-refractivity contribution < 1.29 is 0 Å². The summed E-state index contributed by atoms with van der Waals surface area (Å²) in [4.78, 5) is 6.47. The summed E-state index contributed by atoms with van der Waals surface area (Å²) >= 11 is 2.31. The average molecular weight is 302 g/mol. The molecule has 0 heterocycles. The smallest absolute Gasteiger partial charge is 0.0909 e. The zero-order valence-electron chi connectivity index (χ0n) is 8.79. The van der Waals surface area contributed by atoms with E-state index >= 15 is 0 Å². The van der Waals surface area contributed by atoms with E-state index in [1.54, 1.807) is 0 Å². The lowest BCUT2D eigenvalue weighted by molar-refractivity contribution is 0.552. The summed E-state index contributed by atoms with van der Waals surface area (Å²) in [6, 6.07) is 6.27. The van der Waals surface area contributed by atoms with Crippen LogP contribution >= 0.6 is 22.6 Å². The number of halogens is 1. The molecule has 1 aromatic rings. The van der Waals surface area contributed by atoms with Crippen LogP contribution in [0.1, 0.15) is 12.5 Å². The molecule has 0 aliphatic carbocycles. The molecule has 0 saturated carbocycles. The van der Waals surface area contributed by atoms with Gasteiger partial charge in [0.15, 0.2) is 0 Å². The van der Waals surface area contributed by atoms with Crippen LogP contribution in [0.25, 0.3) is 0 Å². The number of benzene rings is 1. The monoisotopic (exact) mass is 302 g/mol. The molecule has 76 valence electrons. The van der Waals surface area contributed by atoms with Crippen LogP contribution in [-0.2, 0) is 0 Å². The number of rotatable bonds is 3. The van der Waals surface area contributed by atoms with Crippen molar-refractivity contribution >= 4 is 34.6 Å². The Kier molecular flexibility index (Phi) is 4.38. The van der Waals surface area contributed by atoms with Crippen molar-refractivity contribution in [3.8, 4) is 0 Å². The van der Waals surface area contributed by atoms with E-state index in [9.17, 15) is 0 Å². The number of hydrogen-bond acceptors (Lipinski definition) is 1. The normalized spacial score (nSPS) is 10.9. The summed E-state index contributed by atoms with van der Waals surface area (Å²) in [5.41, 5.74) is 2.27. The molecule has 14 heavy (non-hydrogen) atoms. The van der Waals surface area contributed by atoms with Crippen molar-refractivity contribution in [3.05, 3.63) is 27.3 Å². The molecule has 0 saturated heterocycles. The minimum atomic E-state index is 0.979. The summed E-state index contributed by atoms with van der Waals surface area (Å²) in [6.07, 6.45) is 1.87. The summed E-state index contributed by atoms with van der Waals surface area (Å²) in [5.74, 6) is 0. The molecule has 0 atom stereocenters. The molecular weight excluding hydrogens is 287 g/mol. The SMILES string of the molecule is CCN(C)/C=N/c1ccc(I)cc1C. The number of hydrogen-bond donors (Lipinski definition) is 0. The molecule has 1 rings (SSSR count). The lowest BCUT2D eigenvalue weighted by Gasteiger charge is -2.08. The first-order chi connectivity index (χ1) is 6.63. The van der Waals surface area contributed by atoms with Gasteiger partial charge < -0.3 is 4.90 Å². The van der Waals surface area contributed by atoms with E-state index in [1.165, 1.54) is 9.13 Å². The minimum absolute atomic E-state index is 0.979. The van der Waals surface area contributed by atoms with Crippen molar-refractivity contribution in [3.63, 3.8) is 0 Å². The van der Waals surface area contributed by atoms with E-state index < -0.39 is 0 Å². The Bertz CT molecular complexity index is 334. The Balaban J connectivity index is 2.82. The predicted molar refractivity (Wildman–Crippen MR) is 70.4 cm³/mol. The van der Waals surface area contributed by atoms with E-state index in [-0.39, 0.29) is 0 Å². The van der Waals surface area contributed by atoms with Crippen molar-refractivity contribution in [2.75, 3.05) is 13.6 Å². The highest BCUT2D eigenvalue weighted by Gasteiger charge is 1.95. The quantitative estimate of drug-likeness (QED) is 0.475. The maximum absolute atomic E-state index is 4.42. The maximum atomic E-state index is 4.42. The van der Waals surface area contributed by atoms with Crippen LogP contribution in [0.15, 0.2) is 23.2 Å². The fraction of sp³-hybridized carbons (Fsp3) is 0.364. The van der Waals surface area contributed by atoms with Gasteiger partial charge in [0.1, 0.15) is 0 Å². The summed E-state index contributed by atoms with van der Waals surface area (Å²) < 4.78 is 1.25. The molecule has 3 heteroatoms. The second-order valence-corrected chi connectivity index (χ2v) is 4.49. The Morgan fingerprint density at radius 3 is 2.79 bits per heavy atom. The van der Waals surface area contributed by atoms with Gasteiger partial charge in [-0.05, 0) is 60.2 Å². The van der Waals surface area contributed by atoms with Gasteiger partial charge in [-0.2, -0.15) is 0 Å². The van der Waals surface area contributed by atoms with Crippen LogP contribution < -0.4 is 0 Å². The Morgan fingerprint density at radius 1 is 1.50 bits per heavy atom. The van der Waals surface area contributed by atoms with Gasteiger partial charge in [-0.3, -0.25) is 0 Å². The van der Waals surface area contributed by atoms with Crippen LogP contribution in [-0.4, -0.2) is 24.8 Å². The van der Waals surface area contributed by atoms with Gasteiger partial charge in [-0.25, -0.2) is 4.99 Å². The zero-order chi connectivity index (χ0) is 10.6. The van der Waals surface area contributed by atoms with Crippen molar-refractivity contribution in [2.45, 2.75) is 13.8 Å². The Morgan fingerprint density at radius 2 is 2.21 bits per heavy atom. The summed E-state index contributed by atoms with van der Waals surface area (Å²) in [5, 5.41) is 0. The number of nitrogens with zero attached hydrogens (tertiary/aromatic N) is 2. The molecule has 0 bridgehead atoms. The molecule has 0 radical (unpaired) electrons. The van der Waals surface area contributed by atoms with E-state index in [0.29, 0.717) is 0 Å². The van der Waals surface area contributed by atoms with Gasteiger partial charge in [-0.1, -0.05) is 0 Å². The summed E-state index contributed by atoms with van der Waals surface area (Å²) in [6.45, 7) is 5.17. The summed E-state index contributed by atoms with van der Waals surface area (Å²) in [7, 11) is 2.02. The molecule has 1 aromatic carbocycles. The first kappa shape index (κ1) is 11.5. The van der Waals surface area contributed by atoms with Crippen LogP contribution in [0, 0.1) is 10.5 Å². The van der Waals surface area contributed by atoms with Crippen LogP contribution in [0.2, 0.25) is 0 Å². The first-order valence-electron chi connectivity index (χ1n) is 4.64. The van der Waals surface area contributed by atoms with Gasteiger partial charge in [0, 0.05) is 17.2 Å². The van der Waals surface area contributed by atoms with Crippen molar-refractivity contribution in [2.24, 2.45) is 4.99 Å². The van der Waals surface area contributed by atoms with E-state index in [0.717, 1.165) is 12.2 Å². The van der Waals surface area contributed by atoms with E-state index in [4.69, 9.17) is 0 Å². The van der Waals surface area contributed by atoms with Gasteiger partial charge in [0.25, 0.3) is 0 Å². The van der Waals surface area contributed by atoms with Crippen molar-refractivity contribution in [1.29, 1.82) is 0 Å². The molecule has 2 nitrogen and oxygen atoms in total. The zero-order valence-corrected chi connectivity index (χ0v) is 10.9. The molecular formula is C11H15IN2. The topological polar surface area (TPSA) is 15.6 Å². The molecule has 0 fully saturated rings. The second-order valence-electron chi connectivity index (χ2n) is 3.25. The fourth-order valence-electron chi connectivity index (χ4n) is 1.01. The first-order valence-corrected chi connectivity index (χ1v) is 5.72. The number of aryl methyl sites for hydroxylation is 1. The predicted octanol–water partition coefficient (Wildman–Crippen LogP) is 3.21. The molecule has 0 spiro atoms. The van der Waals surface area contributed by atoms with E-state index in [1.807, 2.05) is 13.4 Å². The molecule has 0 N–H and O–H groups in total. The Labute approximate surface area is 99.2 Å². The molecule has 0 amide bonds. The van der Waals surface area contributed by atoms with Gasteiger partial charge in [0.2, 0.25) is 0 Å². The van der Waals surface area contributed by atoms with Crippen LogP contribution in [0.5, 0.6) is 0 Å². The van der Waals surface area contributed by atoms with Gasteiger partial charge in [-0.15, -0.1) is 0 Å². The van der Waals surface area contributed by atoms with Crippen LogP contribution in [0.3, 0.4) is 0 Å². The third-order valence-electron chi connectivity index (χ3n) is 2.05. The Hall–Kier alpha value is -0.580. The van der Waals surface area contributed by atoms with Crippen molar-refractivity contribution in [1.82, 2.24) is 4.90 Å². The highest BCUT2D eigenvalue weighted by atomic mass is 127. The largest absolute Gasteiger partial charge is 0.366 e. The molecule has 0 unspecified atom stereocenters. The van der Waals surface area contributed by atoms with E-state index in [2.05, 4.69) is 64.5 Å². The molecule has 0 aliphatic rings. The van der Waals surface area contributed by atoms with Gasteiger partial charge >= 0.3 is 0 Å². The maximum Gasteiger partial charge on any atom is 0.0909 e. The second kappa shape index (κ2) is 5.34. The number of aliphatic imine (C=N–C) groups is 1. The minimum Gasteiger partial charge on any atom is -0.366 e. The highest BCUT2D eigenvalue weighted by Crippen LogP contribution is 2.20. The highest BCUT2D eigenvalue weighted by molar-refractivity contribution is 14.1. The average Bonchev–Trinajstić information content (AvgIpc) is 2.16. The standard InChI is InChI=1S/C11H15IN2/c1-4-14(3)8-13-11-6-5-10(12)7-9(11)2/h5-8H,4H2,1-3H3/b13-8+. The third-order valence-corrected chi connectivity index (χ3v) is 2.72. The molecule has 0 aromatic heterocycles. The van der Waals surface area contributed by atoms with Crippen LogP contribution in [0.4, 0.5) is 5.69 Å². The van der Waals surface area contributed by atoms with Gasteiger partial charge in [0.05, 0.1) is 12.0 Å². The lowest BCUT2D eigenvalue weighted by atomic mass is 10.2. The molecule has 0 aliphatic heterocycles. The fourth-order valence-corrected chi connectivity index (χ4v) is 1.65. The third kappa shape index (κ3) is 3.29. The lowest BCUT2D eigenvalue weighted by Crippen LogP contribution is -2.14.